The smallest absolute Gasteiger partial charge is 0.163 e. The molecule has 1 N–H and O–H groups in total. The molecule has 1 aromatic carbocycles. The minimum Gasteiger partial charge on any atom is -0.493 e. The van der Waals surface area contributed by atoms with Crippen LogP contribution in [0.3, 0.4) is 0 Å². The number of hydrogen-bond donors (Lipinski definition) is 1. The van der Waals surface area contributed by atoms with Crippen molar-refractivity contribution >= 4 is 12.4 Å². The Labute approximate surface area is 129 Å². The van der Waals surface area contributed by atoms with Gasteiger partial charge >= 0.3 is 0 Å². The van der Waals surface area contributed by atoms with Gasteiger partial charge in [-0.2, -0.15) is 0 Å². The summed E-state index contributed by atoms with van der Waals surface area (Å²) < 4.78 is 37.8. The van der Waals surface area contributed by atoms with Crippen LogP contribution in [-0.2, 0) is 0 Å². The fraction of sp³-hybridized carbons (Fsp3) is 0.571. The first-order valence-electron chi connectivity index (χ1n) is 6.63. The van der Waals surface area contributed by atoms with Crippen molar-refractivity contribution in [1.82, 2.24) is 10.2 Å². The number of nitrogens with one attached hydrogen (secondary N) is 1. The van der Waals surface area contributed by atoms with Gasteiger partial charge in [-0.05, 0) is 6.07 Å². The van der Waals surface area contributed by atoms with Gasteiger partial charge in [0, 0.05) is 37.8 Å². The average molecular weight is 323 g/mol. The minimum atomic E-state index is -0.633. The van der Waals surface area contributed by atoms with Crippen LogP contribution < -0.4 is 14.8 Å². The first-order chi connectivity index (χ1) is 9.71. The molecule has 0 radical (unpaired) electrons. The number of methoxy groups -OCH3 is 2. The number of halogens is 3. The molecule has 0 unspecified atom stereocenters. The first kappa shape index (κ1) is 17.9. The summed E-state index contributed by atoms with van der Waals surface area (Å²) in [5.41, 5.74) is 0.312. The minimum absolute atomic E-state index is 0. The van der Waals surface area contributed by atoms with E-state index in [2.05, 4.69) is 5.32 Å². The van der Waals surface area contributed by atoms with Crippen LogP contribution >= 0.6 is 12.4 Å². The van der Waals surface area contributed by atoms with Crippen LogP contribution in [0.2, 0.25) is 0 Å². The molecule has 1 aromatic rings. The summed E-state index contributed by atoms with van der Waals surface area (Å²) >= 11 is 0. The third kappa shape index (κ3) is 3.96. The number of ether oxygens (including phenoxy) is 2. The van der Waals surface area contributed by atoms with E-state index in [1.807, 2.05) is 4.90 Å². The van der Waals surface area contributed by atoms with Crippen molar-refractivity contribution in [2.75, 3.05) is 47.1 Å². The second kappa shape index (κ2) is 8.36. The van der Waals surface area contributed by atoms with E-state index in [1.54, 1.807) is 0 Å². The van der Waals surface area contributed by atoms with Crippen LogP contribution in [0.25, 0.3) is 0 Å². The van der Waals surface area contributed by atoms with Crippen LogP contribution in [0.5, 0.6) is 11.5 Å². The Kier molecular flexibility index (Phi) is 7.14. The molecular formula is C14H21ClF2N2O2. The van der Waals surface area contributed by atoms with Crippen molar-refractivity contribution in [3.8, 4) is 11.5 Å². The van der Waals surface area contributed by atoms with Gasteiger partial charge in [0.1, 0.15) is 12.5 Å². The molecule has 1 heterocycles. The quantitative estimate of drug-likeness (QED) is 0.901. The highest BCUT2D eigenvalue weighted by atomic mass is 35.5. The van der Waals surface area contributed by atoms with Crippen LogP contribution in [0.1, 0.15) is 11.6 Å². The van der Waals surface area contributed by atoms with E-state index in [9.17, 15) is 8.78 Å². The van der Waals surface area contributed by atoms with E-state index in [0.717, 1.165) is 13.1 Å². The zero-order valence-corrected chi connectivity index (χ0v) is 13.0. The van der Waals surface area contributed by atoms with Crippen molar-refractivity contribution in [2.45, 2.75) is 6.04 Å². The monoisotopic (exact) mass is 322 g/mol. The molecule has 21 heavy (non-hydrogen) atoms. The fourth-order valence-corrected chi connectivity index (χ4v) is 2.50. The molecule has 0 bridgehead atoms. The second-order valence-electron chi connectivity index (χ2n) is 4.68. The fourth-order valence-electron chi connectivity index (χ4n) is 2.50. The number of rotatable bonds is 5. The SMILES string of the molecule is COc1cc(F)c([C@@H](CF)N2CCNCC2)cc1OC.Cl. The summed E-state index contributed by atoms with van der Waals surface area (Å²) in [6, 6.07) is 2.19. The lowest BCUT2D eigenvalue weighted by Gasteiger charge is -2.34. The number of nitrogens with zero attached hydrogens (tertiary/aromatic N) is 1. The summed E-state index contributed by atoms with van der Waals surface area (Å²) in [5, 5.41) is 3.20. The maximum absolute atomic E-state index is 14.2. The first-order valence-corrected chi connectivity index (χ1v) is 6.63. The Balaban J connectivity index is 0.00000220. The van der Waals surface area contributed by atoms with Gasteiger partial charge in [0.2, 0.25) is 0 Å². The lowest BCUT2D eigenvalue weighted by atomic mass is 10.0. The van der Waals surface area contributed by atoms with Gasteiger partial charge in [-0.3, -0.25) is 4.90 Å². The van der Waals surface area contributed by atoms with Crippen LogP contribution in [0.15, 0.2) is 12.1 Å². The third-order valence-corrected chi connectivity index (χ3v) is 3.60. The van der Waals surface area contributed by atoms with Gasteiger partial charge in [0.05, 0.1) is 20.3 Å². The van der Waals surface area contributed by atoms with Crippen LogP contribution in [0, 0.1) is 5.82 Å². The van der Waals surface area contributed by atoms with E-state index in [0.29, 0.717) is 30.2 Å². The Morgan fingerprint density at radius 2 is 1.76 bits per heavy atom. The molecule has 0 aromatic heterocycles. The number of benzene rings is 1. The van der Waals surface area contributed by atoms with Crippen molar-refractivity contribution < 1.29 is 18.3 Å². The molecule has 4 nitrogen and oxygen atoms in total. The maximum Gasteiger partial charge on any atom is 0.163 e. The molecular weight excluding hydrogens is 302 g/mol. The predicted octanol–water partition coefficient (Wildman–Crippen LogP) is 2.18. The average Bonchev–Trinajstić information content (AvgIpc) is 2.50. The third-order valence-electron chi connectivity index (χ3n) is 3.60. The van der Waals surface area contributed by atoms with E-state index in [-0.39, 0.29) is 12.4 Å². The summed E-state index contributed by atoms with van der Waals surface area (Å²) in [5.74, 6) is 0.257. The molecule has 1 aliphatic heterocycles. The van der Waals surface area contributed by atoms with E-state index in [4.69, 9.17) is 9.47 Å². The largest absolute Gasteiger partial charge is 0.493 e. The normalized spacial score (nSPS) is 17.0. The summed E-state index contributed by atoms with van der Waals surface area (Å²) in [4.78, 5) is 1.95. The molecule has 1 saturated heterocycles. The molecule has 0 saturated carbocycles. The standard InChI is InChI=1S/C14H20F2N2O2.ClH/c1-19-13-7-10(11(16)8-14(13)20-2)12(9-15)18-5-3-17-4-6-18;/h7-8,12,17H,3-6,9H2,1-2H3;1H/t12-;/m1./s1. The molecule has 2 rings (SSSR count). The summed E-state index contributed by atoms with van der Waals surface area (Å²) in [6.45, 7) is 2.33. The lowest BCUT2D eigenvalue weighted by molar-refractivity contribution is 0.144. The highest BCUT2D eigenvalue weighted by Crippen LogP contribution is 2.34. The van der Waals surface area contributed by atoms with Crippen LogP contribution in [-0.4, -0.2) is 52.0 Å². The lowest BCUT2D eigenvalue weighted by Crippen LogP contribution is -2.45. The molecule has 0 spiro atoms. The molecule has 1 atom stereocenters. The molecule has 0 aliphatic carbocycles. The van der Waals surface area contributed by atoms with Crippen molar-refractivity contribution in [3.63, 3.8) is 0 Å². The molecule has 120 valence electrons. The molecule has 1 aliphatic rings. The molecule has 0 amide bonds. The molecule has 7 heteroatoms. The van der Waals surface area contributed by atoms with Crippen LogP contribution in [0.4, 0.5) is 8.78 Å². The van der Waals surface area contributed by atoms with Gasteiger partial charge in [0.15, 0.2) is 11.5 Å². The highest BCUT2D eigenvalue weighted by molar-refractivity contribution is 5.85. The Bertz CT molecular complexity index is 457. The zero-order chi connectivity index (χ0) is 14.5. The number of piperazine rings is 1. The number of hydrogen-bond acceptors (Lipinski definition) is 4. The van der Waals surface area contributed by atoms with Crippen molar-refractivity contribution in [2.24, 2.45) is 0 Å². The summed E-state index contributed by atoms with van der Waals surface area (Å²) in [6.07, 6.45) is 0. The van der Waals surface area contributed by atoms with Gasteiger partial charge in [0.25, 0.3) is 0 Å². The zero-order valence-electron chi connectivity index (χ0n) is 12.2. The van der Waals surface area contributed by atoms with Gasteiger partial charge in [-0.1, -0.05) is 0 Å². The van der Waals surface area contributed by atoms with Gasteiger partial charge in [-0.25, -0.2) is 8.78 Å². The van der Waals surface area contributed by atoms with E-state index < -0.39 is 18.5 Å². The van der Waals surface area contributed by atoms with Crippen molar-refractivity contribution in [3.05, 3.63) is 23.5 Å². The Morgan fingerprint density at radius 3 is 2.29 bits per heavy atom. The summed E-state index contributed by atoms with van der Waals surface area (Å²) in [7, 11) is 2.93. The highest BCUT2D eigenvalue weighted by Gasteiger charge is 2.26. The van der Waals surface area contributed by atoms with E-state index in [1.165, 1.54) is 26.4 Å². The number of alkyl halides is 1. The predicted molar refractivity (Wildman–Crippen MR) is 79.9 cm³/mol. The topological polar surface area (TPSA) is 33.7 Å². The Hall–Kier alpha value is -1.11. The maximum atomic E-state index is 14.2. The van der Waals surface area contributed by atoms with E-state index >= 15 is 0 Å². The Morgan fingerprint density at radius 1 is 1.19 bits per heavy atom. The molecule has 1 fully saturated rings. The van der Waals surface area contributed by atoms with Crippen molar-refractivity contribution in [1.29, 1.82) is 0 Å². The van der Waals surface area contributed by atoms with Gasteiger partial charge in [-0.15, -0.1) is 12.4 Å². The van der Waals surface area contributed by atoms with Gasteiger partial charge < -0.3 is 14.8 Å². The second-order valence-corrected chi connectivity index (χ2v) is 4.68.